The summed E-state index contributed by atoms with van der Waals surface area (Å²) in [6, 6.07) is 5.69. The van der Waals surface area contributed by atoms with E-state index in [0.29, 0.717) is 13.2 Å². The molecule has 0 heterocycles. The molecule has 0 amide bonds. The van der Waals surface area contributed by atoms with Gasteiger partial charge in [-0.2, -0.15) is 0 Å². The molecule has 0 radical (unpaired) electrons. The fourth-order valence-electron chi connectivity index (χ4n) is 1.33. The van der Waals surface area contributed by atoms with Gasteiger partial charge in [-0.15, -0.1) is 0 Å². The molecule has 1 aromatic rings. The molecule has 0 spiro atoms. The molecule has 0 saturated heterocycles. The van der Waals surface area contributed by atoms with Gasteiger partial charge in [-0.25, -0.2) is 0 Å². The van der Waals surface area contributed by atoms with Crippen molar-refractivity contribution in [1.82, 2.24) is 0 Å². The van der Waals surface area contributed by atoms with Crippen LogP contribution >= 0.6 is 0 Å². The molecular formula is C12H18O3. The number of benzene rings is 1. The lowest BCUT2D eigenvalue weighted by Crippen LogP contribution is -2.05. The lowest BCUT2D eigenvalue weighted by molar-refractivity contribution is 0.146. The molecule has 0 aliphatic carbocycles. The normalized spacial score (nSPS) is 12.5. The van der Waals surface area contributed by atoms with Crippen molar-refractivity contribution in [1.29, 1.82) is 0 Å². The Bertz CT molecular complexity index is 308. The van der Waals surface area contributed by atoms with Crippen LogP contribution < -0.4 is 4.74 Å². The molecule has 1 aromatic carbocycles. The summed E-state index contributed by atoms with van der Waals surface area (Å²) in [5, 5.41) is 9.39. The number of methoxy groups -OCH3 is 1. The zero-order valence-corrected chi connectivity index (χ0v) is 9.49. The summed E-state index contributed by atoms with van der Waals surface area (Å²) in [5.74, 6) is 0.844. The Balaban J connectivity index is 2.66. The van der Waals surface area contributed by atoms with Crippen LogP contribution in [-0.2, 0) is 4.74 Å². The van der Waals surface area contributed by atoms with Crippen LogP contribution in [0.15, 0.2) is 18.2 Å². The minimum Gasteiger partial charge on any atom is -0.491 e. The molecule has 0 aromatic heterocycles. The number of rotatable bonds is 5. The van der Waals surface area contributed by atoms with Crippen molar-refractivity contribution in [2.75, 3.05) is 20.3 Å². The van der Waals surface area contributed by atoms with Gasteiger partial charge in [0.25, 0.3) is 0 Å². The number of aliphatic hydroxyl groups is 1. The topological polar surface area (TPSA) is 38.7 Å². The van der Waals surface area contributed by atoms with Crippen LogP contribution in [-0.4, -0.2) is 25.4 Å². The molecule has 3 heteroatoms. The van der Waals surface area contributed by atoms with Gasteiger partial charge in [0, 0.05) is 7.11 Å². The third-order valence-corrected chi connectivity index (χ3v) is 2.23. The van der Waals surface area contributed by atoms with Crippen LogP contribution in [0.1, 0.15) is 24.2 Å². The van der Waals surface area contributed by atoms with Crippen molar-refractivity contribution in [3.05, 3.63) is 29.3 Å². The molecule has 0 fully saturated rings. The predicted octanol–water partition coefficient (Wildman–Crippen LogP) is 2.07. The molecule has 1 N–H and O–H groups in total. The Morgan fingerprint density at radius 1 is 1.33 bits per heavy atom. The average Bonchev–Trinajstić information content (AvgIpc) is 2.20. The summed E-state index contributed by atoms with van der Waals surface area (Å²) in [4.78, 5) is 0. The van der Waals surface area contributed by atoms with Crippen molar-refractivity contribution in [2.45, 2.75) is 20.0 Å². The smallest absolute Gasteiger partial charge is 0.122 e. The number of aliphatic hydroxyl groups excluding tert-OH is 1. The van der Waals surface area contributed by atoms with E-state index >= 15 is 0 Å². The van der Waals surface area contributed by atoms with E-state index in [9.17, 15) is 5.11 Å². The van der Waals surface area contributed by atoms with Gasteiger partial charge >= 0.3 is 0 Å². The van der Waals surface area contributed by atoms with Crippen LogP contribution in [0.5, 0.6) is 5.75 Å². The van der Waals surface area contributed by atoms with Crippen molar-refractivity contribution in [2.24, 2.45) is 0 Å². The maximum absolute atomic E-state index is 9.39. The van der Waals surface area contributed by atoms with Gasteiger partial charge in [0.1, 0.15) is 12.4 Å². The van der Waals surface area contributed by atoms with E-state index in [1.165, 1.54) is 0 Å². The van der Waals surface area contributed by atoms with Crippen molar-refractivity contribution < 1.29 is 14.6 Å². The summed E-state index contributed by atoms with van der Waals surface area (Å²) in [6.07, 6.45) is -0.434. The quantitative estimate of drug-likeness (QED) is 0.756. The minimum absolute atomic E-state index is 0.434. The molecule has 0 saturated carbocycles. The first-order valence-corrected chi connectivity index (χ1v) is 5.05. The second-order valence-corrected chi connectivity index (χ2v) is 3.54. The largest absolute Gasteiger partial charge is 0.491 e. The Kier molecular flexibility index (Phi) is 4.59. The van der Waals surface area contributed by atoms with Crippen molar-refractivity contribution in [3.63, 3.8) is 0 Å². The molecule has 0 aliphatic heterocycles. The second kappa shape index (κ2) is 5.73. The van der Waals surface area contributed by atoms with Gasteiger partial charge in [-0.05, 0) is 37.1 Å². The van der Waals surface area contributed by atoms with Gasteiger partial charge in [-0.3, -0.25) is 0 Å². The molecule has 3 nitrogen and oxygen atoms in total. The molecule has 84 valence electrons. The number of ether oxygens (including phenoxy) is 2. The molecule has 15 heavy (non-hydrogen) atoms. The fraction of sp³-hybridized carbons (Fsp3) is 0.500. The SMILES string of the molecule is COCCOc1ccc([C@H](C)O)cc1C. The van der Waals surface area contributed by atoms with Crippen LogP contribution in [0.3, 0.4) is 0 Å². The summed E-state index contributed by atoms with van der Waals surface area (Å²) >= 11 is 0. The highest BCUT2D eigenvalue weighted by Crippen LogP contribution is 2.22. The zero-order chi connectivity index (χ0) is 11.3. The van der Waals surface area contributed by atoms with Gasteiger partial charge < -0.3 is 14.6 Å². The van der Waals surface area contributed by atoms with Crippen molar-refractivity contribution in [3.8, 4) is 5.75 Å². The number of aryl methyl sites for hydroxylation is 1. The zero-order valence-electron chi connectivity index (χ0n) is 9.49. The van der Waals surface area contributed by atoms with Crippen LogP contribution in [0.25, 0.3) is 0 Å². The van der Waals surface area contributed by atoms with Gasteiger partial charge in [0.05, 0.1) is 12.7 Å². The van der Waals surface area contributed by atoms with E-state index < -0.39 is 6.10 Å². The number of hydrogen-bond donors (Lipinski definition) is 1. The summed E-state index contributed by atoms with van der Waals surface area (Å²) in [6.45, 7) is 4.84. The van der Waals surface area contributed by atoms with Crippen molar-refractivity contribution >= 4 is 0 Å². The summed E-state index contributed by atoms with van der Waals surface area (Å²) in [5.41, 5.74) is 1.94. The van der Waals surface area contributed by atoms with Crippen LogP contribution in [0.2, 0.25) is 0 Å². The first-order chi connectivity index (χ1) is 7.15. The van der Waals surface area contributed by atoms with E-state index in [-0.39, 0.29) is 0 Å². The van der Waals surface area contributed by atoms with E-state index in [2.05, 4.69) is 0 Å². The Labute approximate surface area is 90.6 Å². The Morgan fingerprint density at radius 2 is 2.07 bits per heavy atom. The predicted molar refractivity (Wildman–Crippen MR) is 59.2 cm³/mol. The molecular weight excluding hydrogens is 192 g/mol. The fourth-order valence-corrected chi connectivity index (χ4v) is 1.33. The lowest BCUT2D eigenvalue weighted by Gasteiger charge is -2.11. The molecule has 0 aliphatic rings. The standard InChI is InChI=1S/C12H18O3/c1-9-8-11(10(2)13)4-5-12(9)15-7-6-14-3/h4-5,8,10,13H,6-7H2,1-3H3/t10-/m0/s1. The first kappa shape index (κ1) is 12.0. The maximum atomic E-state index is 9.39. The van der Waals surface area contributed by atoms with Crippen LogP contribution in [0, 0.1) is 6.92 Å². The second-order valence-electron chi connectivity index (χ2n) is 3.54. The Hall–Kier alpha value is -1.06. The number of hydrogen-bond acceptors (Lipinski definition) is 3. The monoisotopic (exact) mass is 210 g/mol. The minimum atomic E-state index is -0.434. The maximum Gasteiger partial charge on any atom is 0.122 e. The van der Waals surface area contributed by atoms with Gasteiger partial charge in [0.2, 0.25) is 0 Å². The van der Waals surface area contributed by atoms with E-state index in [0.717, 1.165) is 16.9 Å². The molecule has 1 atom stereocenters. The molecule has 0 unspecified atom stereocenters. The highest BCUT2D eigenvalue weighted by molar-refractivity contribution is 5.36. The Morgan fingerprint density at radius 3 is 2.60 bits per heavy atom. The first-order valence-electron chi connectivity index (χ1n) is 5.05. The average molecular weight is 210 g/mol. The molecule has 1 rings (SSSR count). The van der Waals surface area contributed by atoms with Gasteiger partial charge in [0.15, 0.2) is 0 Å². The highest BCUT2D eigenvalue weighted by atomic mass is 16.5. The molecule has 0 bridgehead atoms. The summed E-state index contributed by atoms with van der Waals surface area (Å²) < 4.78 is 10.4. The highest BCUT2D eigenvalue weighted by Gasteiger charge is 2.04. The summed E-state index contributed by atoms with van der Waals surface area (Å²) in [7, 11) is 1.65. The van der Waals surface area contributed by atoms with E-state index in [4.69, 9.17) is 9.47 Å². The van der Waals surface area contributed by atoms with E-state index in [1.807, 2.05) is 25.1 Å². The van der Waals surface area contributed by atoms with Crippen LogP contribution in [0.4, 0.5) is 0 Å². The van der Waals surface area contributed by atoms with E-state index in [1.54, 1.807) is 14.0 Å². The third-order valence-electron chi connectivity index (χ3n) is 2.23. The van der Waals surface area contributed by atoms with Gasteiger partial charge in [-0.1, -0.05) is 6.07 Å². The lowest BCUT2D eigenvalue weighted by atomic mass is 10.1. The third kappa shape index (κ3) is 3.53.